The molecule has 0 spiro atoms. The quantitative estimate of drug-likeness (QED) is 0.0436. The number of aliphatic hydroxyl groups excluding tert-OH is 1. The summed E-state index contributed by atoms with van der Waals surface area (Å²) in [7, 11) is 1.46. The lowest BCUT2D eigenvalue weighted by Crippen LogP contribution is -2.57. The number of Topliss-reactive ketones (excluding diaryl/α,β-unsaturated/α-hetero) is 1. The van der Waals surface area contributed by atoms with E-state index in [-0.39, 0.29) is 13.0 Å². The third-order valence-corrected chi connectivity index (χ3v) is 8.24. The number of nitrogens with one attached hydrogen (secondary N) is 2. The Balaban J connectivity index is 3.03. The highest BCUT2D eigenvalue weighted by Gasteiger charge is 2.49. The first-order valence-electron chi connectivity index (χ1n) is 18.2. The van der Waals surface area contributed by atoms with Gasteiger partial charge in [0.2, 0.25) is 11.8 Å². The Labute approximate surface area is 300 Å². The fourth-order valence-electron chi connectivity index (χ4n) is 5.40. The van der Waals surface area contributed by atoms with Gasteiger partial charge in [-0.25, -0.2) is 4.79 Å². The van der Waals surface area contributed by atoms with Crippen molar-refractivity contribution in [1.82, 2.24) is 10.6 Å². The number of allylic oxidation sites excluding steroid dienone is 1. The van der Waals surface area contributed by atoms with Crippen molar-refractivity contribution in [2.24, 2.45) is 5.92 Å². The maximum atomic E-state index is 13.9. The van der Waals surface area contributed by atoms with Gasteiger partial charge in [0.15, 0.2) is 5.60 Å². The van der Waals surface area contributed by atoms with E-state index in [1.165, 1.54) is 32.4 Å². The molecule has 0 aliphatic rings. The van der Waals surface area contributed by atoms with Crippen molar-refractivity contribution < 1.29 is 38.9 Å². The molecule has 10 nitrogen and oxygen atoms in total. The molecule has 0 radical (unpaired) electrons. The number of rotatable bonds is 25. The molecular weight excluding hydrogens is 636 g/mol. The second-order valence-corrected chi connectivity index (χ2v) is 13.7. The van der Waals surface area contributed by atoms with Crippen LogP contribution in [0.3, 0.4) is 0 Å². The summed E-state index contributed by atoms with van der Waals surface area (Å²) in [5.41, 5.74) is -2.62. The van der Waals surface area contributed by atoms with Gasteiger partial charge in [0, 0.05) is 39.3 Å². The highest BCUT2D eigenvalue weighted by molar-refractivity contribution is 5.94. The van der Waals surface area contributed by atoms with Crippen LogP contribution in [0.15, 0.2) is 36.4 Å². The predicted octanol–water partition coefficient (Wildman–Crippen LogP) is 5.76. The lowest BCUT2D eigenvalue weighted by atomic mass is 9.82. The minimum absolute atomic E-state index is 0.128. The van der Waals surface area contributed by atoms with E-state index in [1.807, 2.05) is 0 Å². The number of hydrogen-bond donors (Lipinski definition) is 4. The minimum atomic E-state index is -2.40. The SMILES string of the molecule is CC#CCOc1ccc(C[C@H](NC(=O)[C@@H](/C=C/CCCCCCC(=O)CCCCCCC)[C@@](O)(CCO)C(=O)OC(C)(C)C)C(=O)NC)cc1. The topological polar surface area (TPSA) is 151 Å². The second kappa shape index (κ2) is 24.5. The number of unbranched alkanes of at least 4 members (excludes halogenated alkanes) is 8. The molecule has 50 heavy (non-hydrogen) atoms. The molecule has 280 valence electrons. The number of aliphatic hydroxyl groups is 2. The molecule has 0 aromatic heterocycles. The van der Waals surface area contributed by atoms with Crippen molar-refractivity contribution >= 4 is 23.6 Å². The molecule has 0 fully saturated rings. The van der Waals surface area contributed by atoms with Gasteiger partial charge in [-0.15, -0.1) is 5.92 Å². The Hall–Kier alpha value is -3.68. The second-order valence-electron chi connectivity index (χ2n) is 13.7. The molecule has 10 heteroatoms. The summed E-state index contributed by atoms with van der Waals surface area (Å²) in [6.45, 7) is 8.50. The number of ketones is 1. The molecule has 0 bridgehead atoms. The van der Waals surface area contributed by atoms with E-state index in [1.54, 1.807) is 58.0 Å². The Morgan fingerprint density at radius 1 is 0.920 bits per heavy atom. The summed E-state index contributed by atoms with van der Waals surface area (Å²) >= 11 is 0. The zero-order valence-electron chi connectivity index (χ0n) is 31.3. The number of carbonyl (C=O) groups excluding carboxylic acids is 4. The summed E-state index contributed by atoms with van der Waals surface area (Å²) in [6, 6.07) is 6.02. The zero-order chi connectivity index (χ0) is 37.4. The van der Waals surface area contributed by atoms with Crippen molar-refractivity contribution in [2.45, 2.75) is 142 Å². The number of benzene rings is 1. The number of likely N-dealkylation sites (N-methyl/N-ethyl adjacent to an activating group) is 1. The van der Waals surface area contributed by atoms with E-state index in [9.17, 15) is 29.4 Å². The summed E-state index contributed by atoms with van der Waals surface area (Å²) in [6.07, 6.45) is 13.7. The summed E-state index contributed by atoms with van der Waals surface area (Å²) in [5, 5.41) is 26.9. The number of esters is 1. The summed E-state index contributed by atoms with van der Waals surface area (Å²) in [4.78, 5) is 52.4. The average Bonchev–Trinajstić information content (AvgIpc) is 3.06. The van der Waals surface area contributed by atoms with E-state index < -0.39 is 54.0 Å². The van der Waals surface area contributed by atoms with Crippen LogP contribution in [0.25, 0.3) is 0 Å². The maximum Gasteiger partial charge on any atom is 0.339 e. The molecule has 4 N–H and O–H groups in total. The molecule has 1 aromatic carbocycles. The van der Waals surface area contributed by atoms with Gasteiger partial charge in [0.05, 0.1) is 5.92 Å². The van der Waals surface area contributed by atoms with Crippen molar-refractivity contribution in [1.29, 1.82) is 0 Å². The normalized spacial score (nSPS) is 13.8. The molecule has 0 aliphatic carbocycles. The maximum absolute atomic E-state index is 13.9. The first-order chi connectivity index (χ1) is 23.8. The van der Waals surface area contributed by atoms with Gasteiger partial charge < -0.3 is 30.3 Å². The lowest BCUT2D eigenvalue weighted by molar-refractivity contribution is -0.185. The fraction of sp³-hybridized carbons (Fsp3) is 0.650. The van der Waals surface area contributed by atoms with Crippen LogP contribution in [-0.4, -0.2) is 71.3 Å². The summed E-state index contributed by atoms with van der Waals surface area (Å²) in [5.74, 6) is 2.79. The van der Waals surface area contributed by atoms with Gasteiger partial charge in [-0.05, 0) is 71.1 Å². The third-order valence-electron chi connectivity index (χ3n) is 8.24. The van der Waals surface area contributed by atoms with Gasteiger partial charge in [-0.1, -0.05) is 75.7 Å². The van der Waals surface area contributed by atoms with Crippen molar-refractivity contribution in [3.05, 3.63) is 42.0 Å². The van der Waals surface area contributed by atoms with Crippen LogP contribution in [0.4, 0.5) is 0 Å². The number of ether oxygens (including phenoxy) is 2. The largest absolute Gasteiger partial charge is 0.481 e. The number of carbonyl (C=O) groups is 4. The van der Waals surface area contributed by atoms with Crippen molar-refractivity contribution in [3.63, 3.8) is 0 Å². The van der Waals surface area contributed by atoms with Crippen LogP contribution < -0.4 is 15.4 Å². The van der Waals surface area contributed by atoms with E-state index in [0.717, 1.165) is 44.1 Å². The van der Waals surface area contributed by atoms with Gasteiger partial charge in [0.1, 0.15) is 29.8 Å². The Bertz CT molecular complexity index is 1260. The van der Waals surface area contributed by atoms with Crippen LogP contribution in [0, 0.1) is 17.8 Å². The van der Waals surface area contributed by atoms with Crippen molar-refractivity contribution in [2.75, 3.05) is 20.3 Å². The number of amides is 2. The molecule has 1 aromatic rings. The summed E-state index contributed by atoms with van der Waals surface area (Å²) < 4.78 is 11.1. The molecule has 3 atom stereocenters. The van der Waals surface area contributed by atoms with Crippen LogP contribution in [0.2, 0.25) is 0 Å². The van der Waals surface area contributed by atoms with Gasteiger partial charge in [-0.2, -0.15) is 0 Å². The Morgan fingerprint density at radius 3 is 2.10 bits per heavy atom. The number of hydrogen-bond acceptors (Lipinski definition) is 8. The molecule has 0 heterocycles. The van der Waals surface area contributed by atoms with Crippen LogP contribution in [0.1, 0.15) is 124 Å². The molecule has 2 amide bonds. The molecule has 0 saturated heterocycles. The van der Waals surface area contributed by atoms with E-state index in [4.69, 9.17) is 9.47 Å². The van der Waals surface area contributed by atoms with Crippen molar-refractivity contribution in [3.8, 4) is 17.6 Å². The van der Waals surface area contributed by atoms with Crippen LogP contribution >= 0.6 is 0 Å². The lowest BCUT2D eigenvalue weighted by Gasteiger charge is -2.34. The third kappa shape index (κ3) is 17.8. The van der Waals surface area contributed by atoms with Gasteiger partial charge in [-0.3, -0.25) is 14.4 Å². The minimum Gasteiger partial charge on any atom is -0.481 e. The fourth-order valence-corrected chi connectivity index (χ4v) is 5.40. The predicted molar refractivity (Wildman–Crippen MR) is 196 cm³/mol. The van der Waals surface area contributed by atoms with Gasteiger partial charge >= 0.3 is 5.97 Å². The molecule has 0 unspecified atom stereocenters. The molecule has 0 aliphatic heterocycles. The first kappa shape index (κ1) is 44.3. The van der Waals surface area contributed by atoms with E-state index >= 15 is 0 Å². The molecular formula is C40H62N2O8. The average molecular weight is 699 g/mol. The smallest absolute Gasteiger partial charge is 0.339 e. The molecule has 1 rings (SSSR count). The van der Waals surface area contributed by atoms with E-state index in [0.29, 0.717) is 30.8 Å². The zero-order valence-corrected chi connectivity index (χ0v) is 31.3. The Kier molecular flexibility index (Phi) is 21.7. The first-order valence-corrected chi connectivity index (χ1v) is 18.2. The monoisotopic (exact) mass is 698 g/mol. The highest BCUT2D eigenvalue weighted by atomic mass is 16.6. The van der Waals surface area contributed by atoms with Crippen LogP contribution in [-0.2, 0) is 30.3 Å². The standard InChI is InChI=1S/C40H62N2O8/c1-7-9-11-14-17-20-32(44)21-18-15-12-13-16-19-22-34(40(48,27-28-43)38(47)50-39(3,4)5)36(45)42-35(37(46)41-6)30-31-23-25-33(26-24-31)49-29-10-8-2/h19,22-26,34-35,43,48H,7,9,11-18,20-21,27-30H2,1-6H3,(H,41,46)(H,42,45)/b22-19+/t34-,35+,40+/m1/s1. The molecule has 0 saturated carbocycles. The van der Waals surface area contributed by atoms with Crippen LogP contribution in [0.5, 0.6) is 5.75 Å². The highest BCUT2D eigenvalue weighted by Crippen LogP contribution is 2.28. The van der Waals surface area contributed by atoms with Gasteiger partial charge in [0.25, 0.3) is 0 Å². The Morgan fingerprint density at radius 2 is 1.54 bits per heavy atom. The van der Waals surface area contributed by atoms with E-state index in [2.05, 4.69) is 29.4 Å².